The van der Waals surface area contributed by atoms with Gasteiger partial charge < -0.3 is 14.2 Å². The number of carbonyl (C=O) groups excluding carboxylic acids is 1. The van der Waals surface area contributed by atoms with Gasteiger partial charge in [0.05, 0.1) is 11.8 Å². The lowest BCUT2D eigenvalue weighted by atomic mass is 9.87. The minimum atomic E-state index is -0.231. The summed E-state index contributed by atoms with van der Waals surface area (Å²) in [5.41, 5.74) is 0.701. The molecule has 2 saturated heterocycles. The van der Waals surface area contributed by atoms with E-state index >= 15 is 0 Å². The second-order valence-corrected chi connectivity index (χ2v) is 7.81. The van der Waals surface area contributed by atoms with Crippen molar-refractivity contribution in [3.63, 3.8) is 0 Å². The highest BCUT2D eigenvalue weighted by atomic mass is 19.1. The van der Waals surface area contributed by atoms with Crippen LogP contribution in [0, 0.1) is 5.82 Å². The largest absolute Gasteiger partial charge is 0.459 e. The molecule has 2 fully saturated rings. The van der Waals surface area contributed by atoms with Crippen molar-refractivity contribution >= 4 is 11.6 Å². The predicted molar refractivity (Wildman–Crippen MR) is 94.2 cm³/mol. The number of nitrogens with zero attached hydrogens (tertiary/aromatic N) is 2. The number of furan rings is 1. The van der Waals surface area contributed by atoms with Crippen LogP contribution in [0.15, 0.2) is 47.1 Å². The van der Waals surface area contributed by atoms with E-state index in [9.17, 15) is 9.18 Å². The van der Waals surface area contributed by atoms with Crippen molar-refractivity contribution < 1.29 is 13.6 Å². The maximum Gasteiger partial charge on any atom is 0.290 e. The van der Waals surface area contributed by atoms with Gasteiger partial charge in [0.15, 0.2) is 5.76 Å². The number of amides is 1. The number of halogens is 1. The third-order valence-corrected chi connectivity index (χ3v) is 5.66. The van der Waals surface area contributed by atoms with Crippen LogP contribution in [0.4, 0.5) is 10.1 Å². The molecule has 1 aromatic heterocycles. The van der Waals surface area contributed by atoms with E-state index in [4.69, 9.17) is 4.42 Å². The van der Waals surface area contributed by atoms with Crippen LogP contribution < -0.4 is 4.90 Å². The Hall–Kier alpha value is -2.30. The van der Waals surface area contributed by atoms with Crippen molar-refractivity contribution in [1.29, 1.82) is 0 Å². The Kier molecular flexibility index (Phi) is 3.63. The van der Waals surface area contributed by atoms with E-state index < -0.39 is 0 Å². The van der Waals surface area contributed by atoms with Crippen LogP contribution in [0.2, 0.25) is 0 Å². The van der Waals surface area contributed by atoms with Gasteiger partial charge in [0.25, 0.3) is 5.91 Å². The fourth-order valence-corrected chi connectivity index (χ4v) is 4.66. The Balaban J connectivity index is 1.66. The second kappa shape index (κ2) is 5.61. The summed E-state index contributed by atoms with van der Waals surface area (Å²) in [7, 11) is 0. The lowest BCUT2D eigenvalue weighted by molar-refractivity contribution is 0.0584. The van der Waals surface area contributed by atoms with E-state index in [0.717, 1.165) is 38.0 Å². The van der Waals surface area contributed by atoms with Gasteiger partial charge in [-0.3, -0.25) is 4.79 Å². The van der Waals surface area contributed by atoms with Gasteiger partial charge in [-0.25, -0.2) is 4.39 Å². The molecular formula is C20H23FN2O2. The SMILES string of the molecule is CC1(C)CC2(CCCN2C(=O)c2ccco2)CN1c1ccc(F)cc1. The number of hydrogen-bond donors (Lipinski definition) is 0. The van der Waals surface area contributed by atoms with Crippen LogP contribution in [-0.4, -0.2) is 35.0 Å². The Bertz CT molecular complexity index is 770. The molecule has 1 spiro atoms. The fourth-order valence-electron chi connectivity index (χ4n) is 4.66. The van der Waals surface area contributed by atoms with Gasteiger partial charge in [0, 0.05) is 24.3 Å². The molecule has 1 amide bonds. The molecule has 4 rings (SSSR count). The van der Waals surface area contributed by atoms with Crippen LogP contribution in [-0.2, 0) is 0 Å². The summed E-state index contributed by atoms with van der Waals surface area (Å²) >= 11 is 0. The maximum atomic E-state index is 13.3. The Morgan fingerprint density at radius 3 is 2.64 bits per heavy atom. The molecule has 0 radical (unpaired) electrons. The summed E-state index contributed by atoms with van der Waals surface area (Å²) in [4.78, 5) is 17.2. The number of likely N-dealkylation sites (tertiary alicyclic amines) is 1. The average Bonchev–Trinajstić information content (AvgIpc) is 3.27. The minimum Gasteiger partial charge on any atom is -0.459 e. The van der Waals surface area contributed by atoms with Gasteiger partial charge in [-0.1, -0.05) is 0 Å². The summed E-state index contributed by atoms with van der Waals surface area (Å²) in [6.07, 6.45) is 4.42. The van der Waals surface area contributed by atoms with Gasteiger partial charge in [0.1, 0.15) is 5.82 Å². The number of carbonyl (C=O) groups is 1. The van der Waals surface area contributed by atoms with Crippen molar-refractivity contribution in [1.82, 2.24) is 4.90 Å². The normalized spacial score (nSPS) is 25.1. The lowest BCUT2D eigenvalue weighted by Gasteiger charge is -2.34. The van der Waals surface area contributed by atoms with Gasteiger partial charge in [-0.15, -0.1) is 0 Å². The van der Waals surface area contributed by atoms with Crippen LogP contribution in [0.5, 0.6) is 0 Å². The zero-order valence-corrected chi connectivity index (χ0v) is 14.7. The van der Waals surface area contributed by atoms with Crippen LogP contribution in [0.25, 0.3) is 0 Å². The van der Waals surface area contributed by atoms with Crippen LogP contribution in [0.1, 0.15) is 43.7 Å². The quantitative estimate of drug-likeness (QED) is 0.825. The monoisotopic (exact) mass is 342 g/mol. The first-order valence-electron chi connectivity index (χ1n) is 8.80. The zero-order valence-electron chi connectivity index (χ0n) is 14.7. The molecule has 25 heavy (non-hydrogen) atoms. The molecule has 1 aromatic carbocycles. The summed E-state index contributed by atoms with van der Waals surface area (Å²) in [5.74, 6) is 0.143. The smallest absolute Gasteiger partial charge is 0.290 e. The molecule has 0 N–H and O–H groups in total. The predicted octanol–water partition coefficient (Wildman–Crippen LogP) is 4.08. The highest BCUT2D eigenvalue weighted by Gasteiger charge is 2.55. The minimum absolute atomic E-state index is 0.0285. The van der Waals surface area contributed by atoms with E-state index in [-0.39, 0.29) is 22.8 Å². The second-order valence-electron chi connectivity index (χ2n) is 7.81. The van der Waals surface area contributed by atoms with E-state index in [1.807, 2.05) is 17.0 Å². The lowest BCUT2D eigenvalue weighted by Crippen LogP contribution is -2.49. The molecule has 2 aromatic rings. The number of rotatable bonds is 2. The summed E-state index contributed by atoms with van der Waals surface area (Å²) in [6, 6.07) is 10.1. The highest BCUT2D eigenvalue weighted by molar-refractivity contribution is 5.92. The first-order chi connectivity index (χ1) is 11.9. The van der Waals surface area contributed by atoms with Gasteiger partial charge in [-0.2, -0.15) is 0 Å². The molecular weight excluding hydrogens is 319 g/mol. The molecule has 0 bridgehead atoms. The molecule has 1 unspecified atom stereocenters. The van der Waals surface area contributed by atoms with Gasteiger partial charge in [-0.05, 0) is 69.5 Å². The molecule has 0 aliphatic carbocycles. The van der Waals surface area contributed by atoms with Gasteiger partial charge >= 0.3 is 0 Å². The number of benzene rings is 1. The van der Waals surface area contributed by atoms with Crippen LogP contribution >= 0.6 is 0 Å². The maximum absolute atomic E-state index is 13.3. The standard InChI is InChI=1S/C20H23FN2O2/c1-19(2)13-20(14-23(19)16-8-6-15(21)7-9-16)10-4-11-22(20)18(24)17-5-3-12-25-17/h3,5-9,12H,4,10-11,13-14H2,1-2H3. The summed E-state index contributed by atoms with van der Waals surface area (Å²) in [6.45, 7) is 5.91. The molecule has 5 heteroatoms. The molecule has 3 heterocycles. The topological polar surface area (TPSA) is 36.7 Å². The van der Waals surface area contributed by atoms with Crippen molar-refractivity contribution in [3.8, 4) is 0 Å². The first kappa shape index (κ1) is 16.2. The Morgan fingerprint density at radius 1 is 1.20 bits per heavy atom. The highest BCUT2D eigenvalue weighted by Crippen LogP contribution is 2.47. The molecule has 0 saturated carbocycles. The van der Waals surface area contributed by atoms with E-state index in [1.54, 1.807) is 18.4 Å². The molecule has 132 valence electrons. The molecule has 1 atom stereocenters. The number of hydrogen-bond acceptors (Lipinski definition) is 3. The van der Waals surface area contributed by atoms with Crippen molar-refractivity contribution in [3.05, 3.63) is 54.2 Å². The Labute approximate surface area is 147 Å². The summed E-state index contributed by atoms with van der Waals surface area (Å²) in [5, 5.41) is 0. The fraction of sp³-hybridized carbons (Fsp3) is 0.450. The van der Waals surface area contributed by atoms with Crippen LogP contribution in [0.3, 0.4) is 0 Å². The van der Waals surface area contributed by atoms with Crippen molar-refractivity contribution in [2.45, 2.75) is 44.2 Å². The van der Waals surface area contributed by atoms with E-state index in [0.29, 0.717) is 5.76 Å². The number of anilines is 1. The average molecular weight is 342 g/mol. The third kappa shape index (κ3) is 2.62. The molecule has 2 aliphatic heterocycles. The zero-order chi connectivity index (χ0) is 17.7. The Morgan fingerprint density at radius 2 is 1.96 bits per heavy atom. The van der Waals surface area contributed by atoms with Crippen molar-refractivity contribution in [2.75, 3.05) is 18.0 Å². The van der Waals surface area contributed by atoms with E-state index in [2.05, 4.69) is 18.7 Å². The molecule has 4 nitrogen and oxygen atoms in total. The molecule has 2 aliphatic rings. The van der Waals surface area contributed by atoms with Gasteiger partial charge in [0.2, 0.25) is 0 Å². The first-order valence-corrected chi connectivity index (χ1v) is 8.80. The third-order valence-electron chi connectivity index (χ3n) is 5.66. The van der Waals surface area contributed by atoms with Crippen molar-refractivity contribution in [2.24, 2.45) is 0 Å². The summed E-state index contributed by atoms with van der Waals surface area (Å²) < 4.78 is 18.6. The van der Waals surface area contributed by atoms with E-state index in [1.165, 1.54) is 12.1 Å².